The van der Waals surface area contributed by atoms with Crippen molar-refractivity contribution in [2.24, 2.45) is 10.7 Å². The Bertz CT molecular complexity index is 347. The normalized spacial score (nSPS) is 11.5. The van der Waals surface area contributed by atoms with Crippen molar-refractivity contribution in [1.29, 1.82) is 0 Å². The Morgan fingerprint density at radius 1 is 1.57 bits per heavy atom. The van der Waals surface area contributed by atoms with E-state index in [4.69, 9.17) is 5.73 Å². The second kappa shape index (κ2) is 5.00. The van der Waals surface area contributed by atoms with Gasteiger partial charge in [-0.25, -0.2) is 0 Å². The first-order chi connectivity index (χ1) is 6.67. The summed E-state index contributed by atoms with van der Waals surface area (Å²) in [5.41, 5.74) is 7.82. The lowest BCUT2D eigenvalue weighted by Gasteiger charge is -2.10. The van der Waals surface area contributed by atoms with Gasteiger partial charge in [-0.2, -0.15) is 0 Å². The van der Waals surface area contributed by atoms with Crippen molar-refractivity contribution >= 4 is 27.6 Å². The molecule has 0 heterocycles. The highest BCUT2D eigenvalue weighted by Gasteiger charge is 2.01. The van der Waals surface area contributed by atoms with Crippen LogP contribution in [-0.4, -0.2) is 13.0 Å². The molecule has 0 fully saturated rings. The van der Waals surface area contributed by atoms with Crippen molar-refractivity contribution in [3.05, 3.63) is 28.2 Å². The predicted octanol–water partition coefficient (Wildman–Crippen LogP) is 2.37. The number of nitrogens with zero attached hydrogens (tertiary/aromatic N) is 1. The first-order valence-corrected chi connectivity index (χ1v) is 5.24. The van der Waals surface area contributed by atoms with E-state index in [0.717, 1.165) is 16.6 Å². The van der Waals surface area contributed by atoms with E-state index in [9.17, 15) is 0 Å². The van der Waals surface area contributed by atoms with E-state index in [0.29, 0.717) is 5.96 Å². The molecule has 0 bridgehead atoms. The molecule has 0 aromatic heterocycles. The first-order valence-electron chi connectivity index (χ1n) is 4.45. The number of halogens is 1. The summed E-state index contributed by atoms with van der Waals surface area (Å²) >= 11 is 3.43. The maximum absolute atomic E-state index is 5.59. The van der Waals surface area contributed by atoms with Gasteiger partial charge in [0.2, 0.25) is 0 Å². The van der Waals surface area contributed by atoms with E-state index in [1.165, 1.54) is 5.56 Å². The third-order valence-corrected chi connectivity index (χ3v) is 2.45. The fraction of sp³-hybridized carbons (Fsp3) is 0.300. The average Bonchev–Trinajstić information content (AvgIpc) is 2.20. The zero-order chi connectivity index (χ0) is 10.6. The van der Waals surface area contributed by atoms with Crippen molar-refractivity contribution in [2.75, 3.05) is 12.4 Å². The molecule has 0 saturated heterocycles. The van der Waals surface area contributed by atoms with Gasteiger partial charge in [0, 0.05) is 17.2 Å². The van der Waals surface area contributed by atoms with Gasteiger partial charge in [-0.15, -0.1) is 0 Å². The second-order valence-electron chi connectivity index (χ2n) is 2.89. The molecule has 4 heteroatoms. The SMILES string of the molecule is CCc1cc(Br)ccc1NC(N)=NC. The third-order valence-electron chi connectivity index (χ3n) is 1.95. The van der Waals surface area contributed by atoms with Gasteiger partial charge >= 0.3 is 0 Å². The molecule has 3 N–H and O–H groups in total. The van der Waals surface area contributed by atoms with Crippen molar-refractivity contribution in [1.82, 2.24) is 0 Å². The van der Waals surface area contributed by atoms with Crippen molar-refractivity contribution in [2.45, 2.75) is 13.3 Å². The van der Waals surface area contributed by atoms with E-state index in [1.54, 1.807) is 7.05 Å². The largest absolute Gasteiger partial charge is 0.370 e. The van der Waals surface area contributed by atoms with Gasteiger partial charge in [0.05, 0.1) is 0 Å². The molecule has 1 aromatic rings. The van der Waals surface area contributed by atoms with Crippen LogP contribution >= 0.6 is 15.9 Å². The Labute approximate surface area is 92.5 Å². The van der Waals surface area contributed by atoms with Crippen molar-refractivity contribution < 1.29 is 0 Å². The van der Waals surface area contributed by atoms with Crippen molar-refractivity contribution in [3.63, 3.8) is 0 Å². The summed E-state index contributed by atoms with van der Waals surface area (Å²) in [7, 11) is 1.66. The quantitative estimate of drug-likeness (QED) is 0.630. The zero-order valence-electron chi connectivity index (χ0n) is 8.34. The van der Waals surface area contributed by atoms with E-state index in [1.807, 2.05) is 12.1 Å². The topological polar surface area (TPSA) is 50.4 Å². The van der Waals surface area contributed by atoms with Crippen LogP contribution in [0.4, 0.5) is 5.69 Å². The molecule has 0 atom stereocenters. The molecule has 1 aromatic carbocycles. The van der Waals surface area contributed by atoms with Crippen LogP contribution < -0.4 is 11.1 Å². The van der Waals surface area contributed by atoms with E-state index >= 15 is 0 Å². The Morgan fingerprint density at radius 2 is 2.29 bits per heavy atom. The number of nitrogens with two attached hydrogens (primary N) is 1. The van der Waals surface area contributed by atoms with E-state index in [-0.39, 0.29) is 0 Å². The third kappa shape index (κ3) is 2.73. The minimum atomic E-state index is 0.432. The van der Waals surface area contributed by atoms with Gasteiger partial charge in [-0.05, 0) is 30.2 Å². The van der Waals surface area contributed by atoms with E-state index in [2.05, 4.69) is 39.2 Å². The van der Waals surface area contributed by atoms with Crippen molar-refractivity contribution in [3.8, 4) is 0 Å². The Hall–Kier alpha value is -1.03. The lowest BCUT2D eigenvalue weighted by atomic mass is 10.1. The minimum Gasteiger partial charge on any atom is -0.370 e. The summed E-state index contributed by atoms with van der Waals surface area (Å²) in [5, 5.41) is 3.05. The summed E-state index contributed by atoms with van der Waals surface area (Å²) in [5.74, 6) is 0.432. The van der Waals surface area contributed by atoms with Gasteiger partial charge in [-0.3, -0.25) is 4.99 Å². The van der Waals surface area contributed by atoms with Gasteiger partial charge in [-0.1, -0.05) is 22.9 Å². The highest BCUT2D eigenvalue weighted by atomic mass is 79.9. The smallest absolute Gasteiger partial charge is 0.192 e. The fourth-order valence-corrected chi connectivity index (χ4v) is 1.58. The number of benzene rings is 1. The van der Waals surface area contributed by atoms with Gasteiger partial charge < -0.3 is 11.1 Å². The number of nitrogens with one attached hydrogen (secondary N) is 1. The predicted molar refractivity (Wildman–Crippen MR) is 64.7 cm³/mol. The van der Waals surface area contributed by atoms with Crippen LogP contribution in [-0.2, 0) is 6.42 Å². The Kier molecular flexibility index (Phi) is 3.95. The monoisotopic (exact) mass is 255 g/mol. The van der Waals surface area contributed by atoms with Crippen LogP contribution in [0.1, 0.15) is 12.5 Å². The molecule has 14 heavy (non-hydrogen) atoms. The maximum atomic E-state index is 5.59. The highest BCUT2D eigenvalue weighted by Crippen LogP contribution is 2.21. The van der Waals surface area contributed by atoms with Gasteiger partial charge in [0.25, 0.3) is 0 Å². The number of anilines is 1. The van der Waals surface area contributed by atoms with Crippen LogP contribution in [0.3, 0.4) is 0 Å². The maximum Gasteiger partial charge on any atom is 0.192 e. The first kappa shape index (κ1) is 11.0. The van der Waals surface area contributed by atoms with Gasteiger partial charge in [0.1, 0.15) is 0 Å². The number of hydrogen-bond donors (Lipinski definition) is 2. The molecule has 1 rings (SSSR count). The van der Waals surface area contributed by atoms with Crippen LogP contribution in [0.15, 0.2) is 27.7 Å². The molecule has 0 unspecified atom stereocenters. The fourth-order valence-electron chi connectivity index (χ4n) is 1.17. The zero-order valence-corrected chi connectivity index (χ0v) is 9.93. The molecule has 0 aliphatic rings. The summed E-state index contributed by atoms with van der Waals surface area (Å²) in [6.07, 6.45) is 0.957. The molecule has 0 amide bonds. The van der Waals surface area contributed by atoms with Crippen LogP contribution in [0, 0.1) is 0 Å². The molecule has 76 valence electrons. The molecule has 0 spiro atoms. The lowest BCUT2D eigenvalue weighted by Crippen LogP contribution is -2.22. The van der Waals surface area contributed by atoms with Crippen LogP contribution in [0.2, 0.25) is 0 Å². The number of aryl methyl sites for hydroxylation is 1. The molecule has 0 aliphatic carbocycles. The summed E-state index contributed by atoms with van der Waals surface area (Å²) in [6.45, 7) is 2.10. The van der Waals surface area contributed by atoms with Crippen LogP contribution in [0.25, 0.3) is 0 Å². The standard InChI is InChI=1S/C10H14BrN3/c1-3-7-6-8(11)4-5-9(7)14-10(12)13-2/h4-6H,3H2,1-2H3,(H3,12,13,14). The Balaban J connectivity index is 2.96. The number of aliphatic imine (C=N–C) groups is 1. The summed E-state index contributed by atoms with van der Waals surface area (Å²) in [4.78, 5) is 3.85. The van der Waals surface area contributed by atoms with Gasteiger partial charge in [0.15, 0.2) is 5.96 Å². The number of rotatable bonds is 2. The highest BCUT2D eigenvalue weighted by molar-refractivity contribution is 9.10. The lowest BCUT2D eigenvalue weighted by molar-refractivity contribution is 1.14. The molecule has 0 aliphatic heterocycles. The van der Waals surface area contributed by atoms with E-state index < -0.39 is 0 Å². The molecule has 0 saturated carbocycles. The molecule has 0 radical (unpaired) electrons. The minimum absolute atomic E-state index is 0.432. The summed E-state index contributed by atoms with van der Waals surface area (Å²) < 4.78 is 1.08. The number of guanidine groups is 1. The second-order valence-corrected chi connectivity index (χ2v) is 3.80. The van der Waals surface area contributed by atoms with Crippen LogP contribution in [0.5, 0.6) is 0 Å². The molecule has 3 nitrogen and oxygen atoms in total. The number of hydrogen-bond acceptors (Lipinski definition) is 1. The summed E-state index contributed by atoms with van der Waals surface area (Å²) in [6, 6.07) is 6.04. The Morgan fingerprint density at radius 3 is 2.86 bits per heavy atom. The average molecular weight is 256 g/mol. The molecular formula is C10H14BrN3. The molecular weight excluding hydrogens is 242 g/mol.